The molecule has 0 unspecified atom stereocenters. The van der Waals surface area contributed by atoms with Gasteiger partial charge in [-0.2, -0.15) is 13.2 Å². The van der Waals surface area contributed by atoms with Crippen LogP contribution in [0.25, 0.3) is 10.9 Å². The molecule has 212 valence electrons. The Morgan fingerprint density at radius 2 is 1.75 bits per heavy atom. The Hall–Kier alpha value is -4.06. The molecular formula is C28H28F4N4O4. The number of carboxylic acid groups (broad SMARTS) is 1. The van der Waals surface area contributed by atoms with E-state index in [-0.39, 0.29) is 23.5 Å². The minimum absolute atomic E-state index is 0.0628. The van der Waals surface area contributed by atoms with Gasteiger partial charge in [-0.3, -0.25) is 14.6 Å². The highest BCUT2D eigenvalue weighted by Gasteiger charge is 2.51. The first-order valence-corrected chi connectivity index (χ1v) is 12.7. The Morgan fingerprint density at radius 3 is 2.40 bits per heavy atom. The first-order valence-electron chi connectivity index (χ1n) is 12.7. The molecule has 2 saturated heterocycles. The number of alkyl halides is 3. The molecule has 5 rings (SSSR count). The first-order chi connectivity index (χ1) is 19.0. The third-order valence-electron chi connectivity index (χ3n) is 7.42. The zero-order chi connectivity index (χ0) is 28.9. The van der Waals surface area contributed by atoms with E-state index in [1.54, 1.807) is 18.3 Å². The lowest BCUT2D eigenvalue weighted by Gasteiger charge is -2.41. The zero-order valence-electron chi connectivity index (χ0n) is 21.4. The van der Waals surface area contributed by atoms with Gasteiger partial charge in [-0.15, -0.1) is 0 Å². The van der Waals surface area contributed by atoms with E-state index in [4.69, 9.17) is 9.90 Å². The average Bonchev–Trinajstić information content (AvgIpc) is 3.24. The molecule has 3 N–H and O–H groups in total. The van der Waals surface area contributed by atoms with Gasteiger partial charge < -0.3 is 20.6 Å². The number of piperidine rings is 1. The molecule has 1 atom stereocenters. The van der Waals surface area contributed by atoms with Gasteiger partial charge in [0.25, 0.3) is 5.91 Å². The van der Waals surface area contributed by atoms with Crippen molar-refractivity contribution >= 4 is 28.7 Å². The van der Waals surface area contributed by atoms with Crippen molar-refractivity contribution in [2.75, 3.05) is 32.7 Å². The third-order valence-corrected chi connectivity index (χ3v) is 7.42. The van der Waals surface area contributed by atoms with Crippen LogP contribution in [0.2, 0.25) is 0 Å². The lowest BCUT2D eigenvalue weighted by molar-refractivity contribution is -0.192. The number of amides is 2. The number of carboxylic acids is 1. The summed E-state index contributed by atoms with van der Waals surface area (Å²) in [7, 11) is 0. The van der Waals surface area contributed by atoms with Crippen molar-refractivity contribution in [3.63, 3.8) is 0 Å². The number of nitrogens with one attached hydrogen (secondary N) is 2. The lowest BCUT2D eigenvalue weighted by Crippen LogP contribution is -2.47. The van der Waals surface area contributed by atoms with Gasteiger partial charge in [0.2, 0.25) is 5.91 Å². The molecule has 2 aliphatic rings. The summed E-state index contributed by atoms with van der Waals surface area (Å²) in [6.07, 6.45) is -1.97. The van der Waals surface area contributed by atoms with E-state index in [2.05, 4.69) is 20.5 Å². The van der Waals surface area contributed by atoms with Gasteiger partial charge >= 0.3 is 12.1 Å². The average molecular weight is 561 g/mol. The lowest BCUT2D eigenvalue weighted by atomic mass is 9.68. The van der Waals surface area contributed by atoms with Crippen LogP contribution in [-0.4, -0.2) is 71.7 Å². The largest absolute Gasteiger partial charge is 0.490 e. The summed E-state index contributed by atoms with van der Waals surface area (Å²) < 4.78 is 45.1. The molecule has 0 saturated carbocycles. The molecule has 1 aromatic heterocycles. The van der Waals surface area contributed by atoms with E-state index in [1.807, 2.05) is 30.3 Å². The predicted molar refractivity (Wildman–Crippen MR) is 138 cm³/mol. The molecule has 40 heavy (non-hydrogen) atoms. The fourth-order valence-corrected chi connectivity index (χ4v) is 5.23. The van der Waals surface area contributed by atoms with Gasteiger partial charge in [0.05, 0.1) is 16.5 Å². The maximum Gasteiger partial charge on any atom is 0.490 e. The zero-order valence-corrected chi connectivity index (χ0v) is 21.4. The van der Waals surface area contributed by atoms with Crippen molar-refractivity contribution in [3.8, 4) is 0 Å². The van der Waals surface area contributed by atoms with Gasteiger partial charge in [0.15, 0.2) is 0 Å². The number of fused-ring (bicyclic) bond motifs is 1. The number of carbonyl (C=O) groups is 3. The summed E-state index contributed by atoms with van der Waals surface area (Å²) in [4.78, 5) is 40.9. The maximum absolute atomic E-state index is 13.4. The normalized spacial score (nSPS) is 18.6. The number of hydrogen-bond donors (Lipinski definition) is 3. The number of para-hydroxylation sites is 1. The molecule has 2 fully saturated rings. The molecule has 0 aliphatic carbocycles. The summed E-state index contributed by atoms with van der Waals surface area (Å²) in [5, 5.41) is 14.1. The molecule has 3 aromatic rings. The van der Waals surface area contributed by atoms with Crippen molar-refractivity contribution in [1.29, 1.82) is 0 Å². The Bertz CT molecular complexity index is 1370. The number of rotatable bonds is 5. The van der Waals surface area contributed by atoms with Crippen LogP contribution in [0.15, 0.2) is 60.8 Å². The van der Waals surface area contributed by atoms with Crippen LogP contribution in [-0.2, 0) is 9.59 Å². The van der Waals surface area contributed by atoms with Gasteiger partial charge in [-0.1, -0.05) is 30.3 Å². The van der Waals surface area contributed by atoms with Crippen molar-refractivity contribution in [3.05, 3.63) is 77.7 Å². The highest BCUT2D eigenvalue weighted by Crippen LogP contribution is 2.47. The molecule has 1 spiro atoms. The number of aliphatic carboxylic acids is 1. The number of likely N-dealkylation sites (tertiary alicyclic amines) is 1. The molecule has 2 aliphatic heterocycles. The summed E-state index contributed by atoms with van der Waals surface area (Å²) in [5.74, 6) is -2.98. The monoisotopic (exact) mass is 560 g/mol. The van der Waals surface area contributed by atoms with Crippen LogP contribution in [0.3, 0.4) is 0 Å². The van der Waals surface area contributed by atoms with Crippen molar-refractivity contribution in [2.45, 2.75) is 24.9 Å². The smallest absolute Gasteiger partial charge is 0.475 e. The fourth-order valence-electron chi connectivity index (χ4n) is 5.23. The van der Waals surface area contributed by atoms with E-state index < -0.39 is 17.6 Å². The SMILES string of the molecule is O=C(NCCN1CCC2(CC1)C(=O)NC[C@@H]2c1ccc(F)cc1)c1cnc2ccccc2c1.O=C(O)C(F)(F)F. The quantitative estimate of drug-likeness (QED) is 0.410. The Kier molecular flexibility index (Phi) is 8.67. The summed E-state index contributed by atoms with van der Waals surface area (Å²) in [5.41, 5.74) is 2.00. The molecule has 2 amide bonds. The van der Waals surface area contributed by atoms with Crippen LogP contribution >= 0.6 is 0 Å². The summed E-state index contributed by atoms with van der Waals surface area (Å²) in [6, 6.07) is 16.1. The van der Waals surface area contributed by atoms with E-state index in [1.165, 1.54) is 12.1 Å². The number of nitrogens with zero attached hydrogens (tertiary/aromatic N) is 2. The van der Waals surface area contributed by atoms with Crippen LogP contribution in [0.4, 0.5) is 17.6 Å². The molecule has 3 heterocycles. The number of pyridine rings is 1. The summed E-state index contributed by atoms with van der Waals surface area (Å²) in [6.45, 7) is 3.44. The maximum atomic E-state index is 13.4. The minimum atomic E-state index is -5.08. The number of benzene rings is 2. The second-order valence-corrected chi connectivity index (χ2v) is 9.79. The second kappa shape index (κ2) is 12.0. The van der Waals surface area contributed by atoms with Crippen LogP contribution in [0.5, 0.6) is 0 Å². The standard InChI is InChI=1S/C26H27FN4O2.C2HF3O2/c27-21-7-5-18(6-8-21)22-17-30-25(33)26(22)9-12-31(13-10-26)14-11-28-24(32)20-15-19-3-1-2-4-23(19)29-16-20;3-2(4,5)1(6)7/h1-8,15-16,22H,9-14,17H2,(H,28,32)(H,30,33);(H,6,7)/t22-;/m1./s1. The Balaban J connectivity index is 0.000000470. The summed E-state index contributed by atoms with van der Waals surface area (Å²) >= 11 is 0. The van der Waals surface area contributed by atoms with Crippen molar-refractivity contribution in [1.82, 2.24) is 20.5 Å². The second-order valence-electron chi connectivity index (χ2n) is 9.79. The highest BCUT2D eigenvalue weighted by atomic mass is 19.4. The number of aromatic nitrogens is 1. The van der Waals surface area contributed by atoms with Crippen molar-refractivity contribution in [2.24, 2.45) is 5.41 Å². The van der Waals surface area contributed by atoms with Gasteiger partial charge in [0.1, 0.15) is 5.82 Å². The van der Waals surface area contributed by atoms with E-state index in [0.717, 1.165) is 48.9 Å². The Labute approximate surface area is 227 Å². The van der Waals surface area contributed by atoms with Crippen LogP contribution < -0.4 is 10.6 Å². The van der Waals surface area contributed by atoms with Gasteiger partial charge in [0, 0.05) is 37.1 Å². The number of hydrogen-bond acceptors (Lipinski definition) is 5. The predicted octanol–water partition coefficient (Wildman–Crippen LogP) is 3.73. The van der Waals surface area contributed by atoms with Crippen LogP contribution in [0.1, 0.15) is 34.7 Å². The van der Waals surface area contributed by atoms with Crippen LogP contribution in [0, 0.1) is 11.2 Å². The van der Waals surface area contributed by atoms with Crippen molar-refractivity contribution < 1.29 is 37.1 Å². The van der Waals surface area contributed by atoms with E-state index >= 15 is 0 Å². The molecule has 0 bridgehead atoms. The minimum Gasteiger partial charge on any atom is -0.475 e. The molecule has 0 radical (unpaired) electrons. The number of carbonyl (C=O) groups excluding carboxylic acids is 2. The molecule has 2 aromatic carbocycles. The fraction of sp³-hybridized carbons (Fsp3) is 0.357. The number of halogens is 4. The molecule has 12 heteroatoms. The third kappa shape index (κ3) is 6.56. The van der Waals surface area contributed by atoms with Gasteiger partial charge in [-0.05, 0) is 55.8 Å². The van der Waals surface area contributed by atoms with E-state index in [9.17, 15) is 27.2 Å². The van der Waals surface area contributed by atoms with E-state index in [0.29, 0.717) is 18.7 Å². The molecule has 8 nitrogen and oxygen atoms in total. The topological polar surface area (TPSA) is 112 Å². The first kappa shape index (κ1) is 28.9. The highest BCUT2D eigenvalue weighted by molar-refractivity contribution is 5.97. The van der Waals surface area contributed by atoms with Gasteiger partial charge in [-0.25, -0.2) is 9.18 Å². The Morgan fingerprint density at radius 1 is 1.10 bits per heavy atom. The molecular weight excluding hydrogens is 532 g/mol.